The van der Waals surface area contributed by atoms with Crippen LogP contribution in [0.25, 0.3) is 0 Å². The van der Waals surface area contributed by atoms with E-state index in [-0.39, 0.29) is 29.8 Å². The molecule has 2 saturated heterocycles. The summed E-state index contributed by atoms with van der Waals surface area (Å²) in [6, 6.07) is 4.41. The number of likely N-dealkylation sites (tertiary alicyclic amines) is 1. The molecule has 1 aromatic carbocycles. The molecule has 0 N–H and O–H groups in total. The van der Waals surface area contributed by atoms with Gasteiger partial charge in [-0.2, -0.15) is 0 Å². The first kappa shape index (κ1) is 20.3. The van der Waals surface area contributed by atoms with Crippen LogP contribution >= 0.6 is 23.4 Å². The molecule has 148 valence electrons. The van der Waals surface area contributed by atoms with Gasteiger partial charge < -0.3 is 9.64 Å². The van der Waals surface area contributed by atoms with Gasteiger partial charge in [0, 0.05) is 24.0 Å². The fourth-order valence-corrected chi connectivity index (χ4v) is 4.75. The van der Waals surface area contributed by atoms with E-state index in [1.165, 1.54) is 23.9 Å². The number of hydrogen-bond acceptors (Lipinski definition) is 4. The van der Waals surface area contributed by atoms with Crippen LogP contribution in [0.1, 0.15) is 26.7 Å². The highest BCUT2D eigenvalue weighted by atomic mass is 35.5. The lowest BCUT2D eigenvalue weighted by Crippen LogP contribution is -2.51. The summed E-state index contributed by atoms with van der Waals surface area (Å²) in [6.45, 7) is 5.88. The molecule has 2 amide bonds. The van der Waals surface area contributed by atoms with Crippen molar-refractivity contribution >= 4 is 35.4 Å². The molecule has 0 aromatic heterocycles. The third-order valence-corrected chi connectivity index (χ3v) is 6.65. The summed E-state index contributed by atoms with van der Waals surface area (Å²) >= 11 is 7.32. The van der Waals surface area contributed by atoms with E-state index in [0.717, 1.165) is 12.8 Å². The fraction of sp³-hybridized carbons (Fsp3) is 0.579. The van der Waals surface area contributed by atoms with Crippen LogP contribution in [-0.2, 0) is 9.53 Å². The lowest BCUT2D eigenvalue weighted by atomic mass is 9.98. The first-order valence-corrected chi connectivity index (χ1v) is 10.5. The Kier molecular flexibility index (Phi) is 6.52. The molecule has 0 bridgehead atoms. The van der Waals surface area contributed by atoms with Crippen molar-refractivity contribution in [2.45, 2.75) is 43.7 Å². The minimum Gasteiger partial charge on any atom is -0.447 e. The first-order valence-electron chi connectivity index (χ1n) is 9.17. The molecule has 8 heteroatoms. The number of cyclic esters (lactones) is 1. The number of carbonyl (C=O) groups is 2. The van der Waals surface area contributed by atoms with Gasteiger partial charge in [-0.3, -0.25) is 9.69 Å². The zero-order valence-electron chi connectivity index (χ0n) is 15.5. The van der Waals surface area contributed by atoms with Crippen LogP contribution in [0.5, 0.6) is 0 Å². The monoisotopic (exact) mass is 414 g/mol. The number of piperidine rings is 1. The van der Waals surface area contributed by atoms with Crippen molar-refractivity contribution < 1.29 is 18.7 Å². The van der Waals surface area contributed by atoms with E-state index in [4.69, 9.17) is 16.3 Å². The smallest absolute Gasteiger partial charge is 0.410 e. The number of hydrogen-bond donors (Lipinski definition) is 0. The Morgan fingerprint density at radius 1 is 1.37 bits per heavy atom. The minimum atomic E-state index is -0.391. The Balaban J connectivity index is 1.51. The van der Waals surface area contributed by atoms with E-state index >= 15 is 0 Å². The van der Waals surface area contributed by atoms with Gasteiger partial charge in [0.15, 0.2) is 0 Å². The molecule has 27 heavy (non-hydrogen) atoms. The lowest BCUT2D eigenvalue weighted by molar-refractivity contribution is -0.129. The number of ether oxygens (including phenoxy) is 1. The van der Waals surface area contributed by atoms with Crippen LogP contribution in [0, 0.1) is 11.7 Å². The topological polar surface area (TPSA) is 49.9 Å². The van der Waals surface area contributed by atoms with E-state index in [0.29, 0.717) is 35.5 Å². The number of nitrogens with zero attached hydrogens (tertiary/aromatic N) is 2. The van der Waals surface area contributed by atoms with Gasteiger partial charge in [0.1, 0.15) is 12.4 Å². The number of halogens is 2. The predicted octanol–water partition coefficient (Wildman–Crippen LogP) is 4.04. The molecule has 2 aliphatic heterocycles. The Bertz CT molecular complexity index is 710. The normalized spacial score (nSPS) is 21.1. The molecule has 3 rings (SSSR count). The SMILES string of the molecule is CC(C)C1COC(=O)N1C1CCN(C(=O)CSc2ccc(F)cc2Cl)CC1. The summed E-state index contributed by atoms with van der Waals surface area (Å²) in [5.74, 6) is 0.241. The van der Waals surface area contributed by atoms with Gasteiger partial charge in [-0.25, -0.2) is 9.18 Å². The quantitative estimate of drug-likeness (QED) is 0.682. The van der Waals surface area contributed by atoms with Crippen LogP contribution < -0.4 is 0 Å². The van der Waals surface area contributed by atoms with E-state index in [1.54, 1.807) is 6.07 Å². The highest BCUT2D eigenvalue weighted by molar-refractivity contribution is 8.00. The first-order chi connectivity index (χ1) is 12.9. The molecule has 2 fully saturated rings. The van der Waals surface area contributed by atoms with Gasteiger partial charge >= 0.3 is 6.09 Å². The van der Waals surface area contributed by atoms with Gasteiger partial charge in [0.2, 0.25) is 5.91 Å². The number of benzene rings is 1. The van der Waals surface area contributed by atoms with Gasteiger partial charge in [-0.15, -0.1) is 11.8 Å². The van der Waals surface area contributed by atoms with Crippen LogP contribution in [0.3, 0.4) is 0 Å². The van der Waals surface area contributed by atoms with Crippen molar-refractivity contribution in [2.75, 3.05) is 25.4 Å². The van der Waals surface area contributed by atoms with Gasteiger partial charge in [0.05, 0.1) is 16.8 Å². The largest absolute Gasteiger partial charge is 0.447 e. The zero-order chi connectivity index (χ0) is 19.6. The van der Waals surface area contributed by atoms with E-state index in [1.807, 2.05) is 9.80 Å². The van der Waals surface area contributed by atoms with E-state index < -0.39 is 5.82 Å². The second-order valence-corrected chi connectivity index (χ2v) is 8.70. The number of thioether (sulfide) groups is 1. The molecular weight excluding hydrogens is 391 g/mol. The third kappa shape index (κ3) is 4.69. The van der Waals surface area contributed by atoms with Crippen molar-refractivity contribution in [3.63, 3.8) is 0 Å². The van der Waals surface area contributed by atoms with Crippen molar-refractivity contribution in [1.29, 1.82) is 0 Å². The second kappa shape index (κ2) is 8.69. The fourth-order valence-electron chi connectivity index (χ4n) is 3.60. The molecule has 2 aliphatic rings. The molecule has 1 atom stereocenters. The third-order valence-electron chi connectivity index (χ3n) is 5.17. The van der Waals surface area contributed by atoms with Crippen LogP contribution in [0.4, 0.5) is 9.18 Å². The Morgan fingerprint density at radius 3 is 2.70 bits per heavy atom. The Labute approximate surface area is 168 Å². The molecule has 0 spiro atoms. The van der Waals surface area contributed by atoms with Crippen molar-refractivity contribution in [3.8, 4) is 0 Å². The summed E-state index contributed by atoms with van der Waals surface area (Å²) in [7, 11) is 0. The number of amides is 2. The van der Waals surface area contributed by atoms with Crippen LogP contribution in [0.2, 0.25) is 5.02 Å². The molecule has 5 nitrogen and oxygen atoms in total. The molecular formula is C19H24ClFN2O3S. The van der Waals surface area contributed by atoms with E-state index in [2.05, 4.69) is 13.8 Å². The van der Waals surface area contributed by atoms with Crippen molar-refractivity contribution in [1.82, 2.24) is 9.80 Å². The standard InChI is InChI=1S/C19H24ClFN2O3S/c1-12(2)16-10-26-19(25)23(16)14-5-7-22(8-6-14)18(24)11-27-17-4-3-13(21)9-15(17)20/h3-4,9,12,14,16H,5-8,10-11H2,1-2H3. The molecule has 1 unspecified atom stereocenters. The summed E-state index contributed by atoms with van der Waals surface area (Å²) in [5.41, 5.74) is 0. The molecule has 2 heterocycles. The van der Waals surface area contributed by atoms with E-state index in [9.17, 15) is 14.0 Å². The molecule has 0 saturated carbocycles. The van der Waals surface area contributed by atoms with Crippen LogP contribution in [0.15, 0.2) is 23.1 Å². The maximum absolute atomic E-state index is 13.1. The highest BCUT2D eigenvalue weighted by Gasteiger charge is 2.41. The second-order valence-electron chi connectivity index (χ2n) is 7.27. The van der Waals surface area contributed by atoms with Crippen molar-refractivity contribution in [3.05, 3.63) is 29.0 Å². The maximum Gasteiger partial charge on any atom is 0.410 e. The molecule has 0 aliphatic carbocycles. The van der Waals surface area contributed by atoms with Crippen molar-refractivity contribution in [2.24, 2.45) is 5.92 Å². The Morgan fingerprint density at radius 2 is 2.07 bits per heavy atom. The average Bonchev–Trinajstić information content (AvgIpc) is 3.02. The number of carbonyl (C=O) groups excluding carboxylic acids is 2. The minimum absolute atomic E-state index is 0.0308. The lowest BCUT2D eigenvalue weighted by Gasteiger charge is -2.38. The Hall–Kier alpha value is -1.47. The zero-order valence-corrected chi connectivity index (χ0v) is 17.1. The number of rotatable bonds is 5. The van der Waals surface area contributed by atoms with Gasteiger partial charge in [0.25, 0.3) is 0 Å². The average molecular weight is 415 g/mol. The summed E-state index contributed by atoms with van der Waals surface area (Å²) in [6.07, 6.45) is 1.28. The summed E-state index contributed by atoms with van der Waals surface area (Å²) < 4.78 is 18.3. The summed E-state index contributed by atoms with van der Waals surface area (Å²) in [5, 5.41) is 0.318. The van der Waals surface area contributed by atoms with Gasteiger partial charge in [-0.1, -0.05) is 25.4 Å². The highest BCUT2D eigenvalue weighted by Crippen LogP contribution is 2.30. The van der Waals surface area contributed by atoms with Crippen LogP contribution in [-0.4, -0.2) is 59.3 Å². The van der Waals surface area contributed by atoms with Gasteiger partial charge in [-0.05, 0) is 37.0 Å². The molecule has 1 aromatic rings. The molecule has 0 radical (unpaired) electrons. The predicted molar refractivity (Wildman–Crippen MR) is 104 cm³/mol. The maximum atomic E-state index is 13.1. The summed E-state index contributed by atoms with van der Waals surface area (Å²) in [4.78, 5) is 29.0.